The molecule has 1 aromatic rings. The van der Waals surface area contributed by atoms with Crippen LogP contribution in [0.1, 0.15) is 56.2 Å². The minimum Gasteiger partial charge on any atom is -0.388 e. The van der Waals surface area contributed by atoms with E-state index in [1.54, 1.807) is 0 Å². The zero-order valence-corrected chi connectivity index (χ0v) is 12.6. The fourth-order valence-corrected chi connectivity index (χ4v) is 3.26. The van der Waals surface area contributed by atoms with Crippen LogP contribution < -0.4 is 5.32 Å². The number of fused-ring (bicyclic) bond motifs is 1. The SMILES string of the molecule is Cc1cc2c(n1CC(=O)NC1CC1)CC(C)(C)CC2O. The Labute approximate surface area is 120 Å². The molecule has 1 unspecified atom stereocenters. The van der Waals surface area contributed by atoms with E-state index in [4.69, 9.17) is 0 Å². The molecule has 2 aliphatic rings. The van der Waals surface area contributed by atoms with Crippen LogP contribution in [-0.4, -0.2) is 21.6 Å². The van der Waals surface area contributed by atoms with Gasteiger partial charge in [0.1, 0.15) is 6.54 Å². The van der Waals surface area contributed by atoms with Crippen LogP contribution in [0, 0.1) is 12.3 Å². The van der Waals surface area contributed by atoms with Gasteiger partial charge < -0.3 is 15.0 Å². The highest BCUT2D eigenvalue weighted by Crippen LogP contribution is 2.41. The minimum atomic E-state index is -0.403. The summed E-state index contributed by atoms with van der Waals surface area (Å²) in [5, 5.41) is 13.3. The van der Waals surface area contributed by atoms with Gasteiger partial charge in [-0.05, 0) is 44.1 Å². The Morgan fingerprint density at radius 2 is 2.20 bits per heavy atom. The summed E-state index contributed by atoms with van der Waals surface area (Å²) < 4.78 is 2.08. The molecule has 0 saturated heterocycles. The normalized spacial score (nSPS) is 24.3. The van der Waals surface area contributed by atoms with E-state index in [1.165, 1.54) is 0 Å². The molecule has 1 saturated carbocycles. The molecule has 0 aliphatic heterocycles. The van der Waals surface area contributed by atoms with Crippen molar-refractivity contribution in [1.29, 1.82) is 0 Å². The van der Waals surface area contributed by atoms with Crippen molar-refractivity contribution in [2.75, 3.05) is 0 Å². The number of amides is 1. The summed E-state index contributed by atoms with van der Waals surface area (Å²) in [6.45, 7) is 6.75. The van der Waals surface area contributed by atoms with E-state index in [0.29, 0.717) is 12.6 Å². The average molecular weight is 276 g/mol. The largest absolute Gasteiger partial charge is 0.388 e. The minimum absolute atomic E-state index is 0.0852. The molecule has 1 amide bonds. The summed E-state index contributed by atoms with van der Waals surface area (Å²) in [6.07, 6.45) is 3.53. The number of nitrogens with zero attached hydrogens (tertiary/aromatic N) is 1. The molecule has 3 rings (SSSR count). The van der Waals surface area contributed by atoms with Crippen molar-refractivity contribution >= 4 is 5.91 Å². The molecule has 1 heterocycles. The molecule has 2 aliphatic carbocycles. The summed E-state index contributed by atoms with van der Waals surface area (Å²) in [4.78, 5) is 12.0. The topological polar surface area (TPSA) is 54.3 Å². The van der Waals surface area contributed by atoms with E-state index < -0.39 is 6.10 Å². The van der Waals surface area contributed by atoms with Crippen LogP contribution in [0.15, 0.2) is 6.07 Å². The monoisotopic (exact) mass is 276 g/mol. The number of carbonyl (C=O) groups is 1. The highest BCUT2D eigenvalue weighted by atomic mass is 16.3. The first-order chi connectivity index (χ1) is 9.35. The van der Waals surface area contributed by atoms with Gasteiger partial charge in [0.25, 0.3) is 0 Å². The highest BCUT2D eigenvalue weighted by Gasteiger charge is 2.34. The molecule has 1 fully saturated rings. The van der Waals surface area contributed by atoms with Gasteiger partial charge in [-0.3, -0.25) is 4.79 Å². The summed E-state index contributed by atoms with van der Waals surface area (Å²) in [6, 6.07) is 2.44. The van der Waals surface area contributed by atoms with Gasteiger partial charge in [0, 0.05) is 23.0 Å². The lowest BCUT2D eigenvalue weighted by Crippen LogP contribution is -2.32. The third-order valence-electron chi connectivity index (χ3n) is 4.44. The van der Waals surface area contributed by atoms with E-state index >= 15 is 0 Å². The van der Waals surface area contributed by atoms with Crippen LogP contribution in [0.5, 0.6) is 0 Å². The maximum Gasteiger partial charge on any atom is 0.240 e. The van der Waals surface area contributed by atoms with E-state index in [-0.39, 0.29) is 11.3 Å². The van der Waals surface area contributed by atoms with Crippen molar-refractivity contribution in [2.24, 2.45) is 5.41 Å². The number of hydrogen-bond acceptors (Lipinski definition) is 2. The predicted octanol–water partition coefficient (Wildman–Crippen LogP) is 2.08. The summed E-state index contributed by atoms with van der Waals surface area (Å²) >= 11 is 0. The third kappa shape index (κ3) is 2.62. The molecule has 0 aromatic carbocycles. The van der Waals surface area contributed by atoms with Crippen LogP contribution in [-0.2, 0) is 17.8 Å². The fourth-order valence-electron chi connectivity index (χ4n) is 3.26. The van der Waals surface area contributed by atoms with Gasteiger partial charge in [-0.15, -0.1) is 0 Å². The molecule has 1 atom stereocenters. The quantitative estimate of drug-likeness (QED) is 0.888. The Bertz CT molecular complexity index is 541. The van der Waals surface area contributed by atoms with Gasteiger partial charge in [-0.1, -0.05) is 13.8 Å². The van der Waals surface area contributed by atoms with Crippen molar-refractivity contribution < 1.29 is 9.90 Å². The van der Waals surface area contributed by atoms with Crippen molar-refractivity contribution in [3.8, 4) is 0 Å². The van der Waals surface area contributed by atoms with E-state index in [2.05, 4.69) is 23.7 Å². The van der Waals surface area contributed by atoms with Crippen LogP contribution in [0.4, 0.5) is 0 Å². The number of nitrogens with one attached hydrogen (secondary N) is 1. The predicted molar refractivity (Wildman–Crippen MR) is 77.4 cm³/mol. The molecule has 0 bridgehead atoms. The smallest absolute Gasteiger partial charge is 0.240 e. The molecule has 4 nitrogen and oxygen atoms in total. The first kappa shape index (κ1) is 13.7. The molecule has 2 N–H and O–H groups in total. The van der Waals surface area contributed by atoms with Crippen LogP contribution in [0.2, 0.25) is 0 Å². The molecule has 4 heteroatoms. The average Bonchev–Trinajstić information content (AvgIpc) is 3.07. The Morgan fingerprint density at radius 1 is 1.50 bits per heavy atom. The van der Waals surface area contributed by atoms with Gasteiger partial charge in [0.05, 0.1) is 6.10 Å². The Balaban J connectivity index is 1.85. The second-order valence-electron chi connectivity index (χ2n) is 7.18. The maximum absolute atomic E-state index is 12.0. The Kier molecular flexibility index (Phi) is 3.16. The second-order valence-corrected chi connectivity index (χ2v) is 7.18. The van der Waals surface area contributed by atoms with Gasteiger partial charge in [0.15, 0.2) is 0 Å². The first-order valence-electron chi connectivity index (χ1n) is 7.52. The van der Waals surface area contributed by atoms with Crippen LogP contribution >= 0.6 is 0 Å². The van der Waals surface area contributed by atoms with Gasteiger partial charge in [-0.25, -0.2) is 0 Å². The van der Waals surface area contributed by atoms with Gasteiger partial charge in [-0.2, -0.15) is 0 Å². The Hall–Kier alpha value is -1.29. The van der Waals surface area contributed by atoms with Crippen molar-refractivity contribution in [1.82, 2.24) is 9.88 Å². The lowest BCUT2D eigenvalue weighted by atomic mass is 9.75. The standard InChI is InChI=1S/C16H24N2O2/c1-10-6-12-13(7-16(2,3)8-14(12)19)18(10)9-15(20)17-11-4-5-11/h6,11,14,19H,4-5,7-9H2,1-3H3,(H,17,20). The van der Waals surface area contributed by atoms with E-state index in [9.17, 15) is 9.90 Å². The molecule has 1 aromatic heterocycles. The maximum atomic E-state index is 12.0. The number of hydrogen-bond donors (Lipinski definition) is 2. The van der Waals surface area contributed by atoms with E-state index in [1.807, 2.05) is 13.0 Å². The summed E-state index contributed by atoms with van der Waals surface area (Å²) in [5.41, 5.74) is 3.30. The zero-order valence-electron chi connectivity index (χ0n) is 12.6. The highest BCUT2D eigenvalue weighted by molar-refractivity contribution is 5.76. The Morgan fingerprint density at radius 3 is 2.85 bits per heavy atom. The van der Waals surface area contributed by atoms with E-state index in [0.717, 1.165) is 42.6 Å². The molecular weight excluding hydrogens is 252 g/mol. The fraction of sp³-hybridized carbons (Fsp3) is 0.688. The number of carbonyl (C=O) groups excluding carboxylic acids is 1. The number of aliphatic hydroxyl groups is 1. The number of aliphatic hydroxyl groups excluding tert-OH is 1. The van der Waals surface area contributed by atoms with Crippen molar-refractivity contribution in [3.63, 3.8) is 0 Å². The lowest BCUT2D eigenvalue weighted by molar-refractivity contribution is -0.121. The molecular formula is C16H24N2O2. The van der Waals surface area contributed by atoms with Gasteiger partial charge >= 0.3 is 0 Å². The van der Waals surface area contributed by atoms with Crippen LogP contribution in [0.25, 0.3) is 0 Å². The summed E-state index contributed by atoms with van der Waals surface area (Å²) in [7, 11) is 0. The summed E-state index contributed by atoms with van der Waals surface area (Å²) in [5.74, 6) is 0.0897. The molecule has 0 radical (unpaired) electrons. The molecule has 20 heavy (non-hydrogen) atoms. The first-order valence-corrected chi connectivity index (χ1v) is 7.52. The lowest BCUT2D eigenvalue weighted by Gasteiger charge is -2.34. The third-order valence-corrected chi connectivity index (χ3v) is 4.44. The van der Waals surface area contributed by atoms with Crippen molar-refractivity contribution in [2.45, 2.75) is 65.1 Å². The number of rotatable bonds is 3. The van der Waals surface area contributed by atoms with Crippen LogP contribution in [0.3, 0.4) is 0 Å². The number of aromatic nitrogens is 1. The number of aryl methyl sites for hydroxylation is 1. The van der Waals surface area contributed by atoms with Gasteiger partial charge in [0.2, 0.25) is 5.91 Å². The molecule has 0 spiro atoms. The van der Waals surface area contributed by atoms with Crippen molar-refractivity contribution in [3.05, 3.63) is 23.0 Å². The second kappa shape index (κ2) is 4.62. The zero-order chi connectivity index (χ0) is 14.5. The molecule has 110 valence electrons.